The number of hydrogen-bond acceptors (Lipinski definition) is 3. The Morgan fingerprint density at radius 2 is 1.59 bits per heavy atom. The number of para-hydroxylation sites is 1. The SMILES string of the molecule is [2H]C([2H])([2H])c1ccc2c3c1c1ccc(Oc4[c-]c(-c5cn(-c6c(C(C)C)cccc6C(C)C)cn5)ccc4)[c-]c1c1nc4c(n13)C(C)(CCc1ccccc1-4)C2(C)C.[Pt+2]. The van der Waals surface area contributed by atoms with Crippen LogP contribution in [-0.2, 0) is 38.3 Å². The molecule has 4 heterocycles. The van der Waals surface area contributed by atoms with Gasteiger partial charge in [0.15, 0.2) is 0 Å². The molecule has 1 unspecified atom stereocenters. The van der Waals surface area contributed by atoms with Gasteiger partial charge in [0, 0.05) is 48.9 Å². The van der Waals surface area contributed by atoms with Crippen LogP contribution in [0.3, 0.4) is 0 Å². The van der Waals surface area contributed by atoms with Crippen LogP contribution in [0.15, 0.2) is 97.5 Å². The van der Waals surface area contributed by atoms with Crippen molar-refractivity contribution in [1.82, 2.24) is 18.9 Å². The molecule has 0 amide bonds. The zero-order valence-corrected chi connectivity index (χ0v) is 35.1. The molecule has 8 aromatic rings. The summed E-state index contributed by atoms with van der Waals surface area (Å²) in [5.41, 5.74) is 12.4. The molecule has 1 atom stereocenters. The van der Waals surface area contributed by atoms with Crippen molar-refractivity contribution in [1.29, 1.82) is 0 Å². The second kappa shape index (κ2) is 13.0. The number of aromatic nitrogens is 4. The van der Waals surface area contributed by atoms with Gasteiger partial charge >= 0.3 is 21.1 Å². The van der Waals surface area contributed by atoms with Crippen LogP contribution in [0.4, 0.5) is 0 Å². The van der Waals surface area contributed by atoms with Crippen LogP contribution in [0.2, 0.25) is 0 Å². The van der Waals surface area contributed by atoms with Crippen molar-refractivity contribution in [3.8, 4) is 39.7 Å². The van der Waals surface area contributed by atoms with Gasteiger partial charge in [0.1, 0.15) is 0 Å². The minimum Gasteiger partial charge on any atom is -0.497 e. The summed E-state index contributed by atoms with van der Waals surface area (Å²) in [7, 11) is 0. The van der Waals surface area contributed by atoms with E-state index in [9.17, 15) is 0 Å². The number of fused-ring (bicyclic) bond motifs is 5. The molecule has 1 aliphatic heterocycles. The molecule has 0 fully saturated rings. The molecule has 0 N–H and O–H groups in total. The number of benzene rings is 5. The number of ether oxygens (including phenoxy) is 1. The maximum Gasteiger partial charge on any atom is 2.00 e. The fourth-order valence-electron chi connectivity index (χ4n) is 9.57. The Morgan fingerprint density at radius 1 is 0.839 bits per heavy atom. The smallest absolute Gasteiger partial charge is 0.497 e. The summed E-state index contributed by atoms with van der Waals surface area (Å²) in [6.07, 6.45) is 5.82. The standard InChI is InChI=1S/C50H46N4O.Pt/c1-29(2)36-17-12-18-37(30(3)4)45(36)53-27-42(51-28-53)33-14-11-15-34(25-33)55-35-20-21-39-40(26-35)48-52-44-38-16-10-9-13-32(38)23-24-50(8)47(44)54(48)46-41(49(50,6)7)22-19-31(5)43(39)46;/h9-22,27-30H,23-24H2,1-8H3;/q-2;+2/i5D3;. The first-order valence-electron chi connectivity index (χ1n) is 21.0. The second-order valence-electron chi connectivity index (χ2n) is 16.9. The van der Waals surface area contributed by atoms with E-state index in [4.69, 9.17) is 18.8 Å². The van der Waals surface area contributed by atoms with E-state index in [1.54, 1.807) is 0 Å². The quantitative estimate of drug-likeness (QED) is 0.123. The van der Waals surface area contributed by atoms with Gasteiger partial charge in [-0.15, -0.1) is 29.8 Å². The van der Waals surface area contributed by atoms with Gasteiger partial charge < -0.3 is 13.7 Å². The summed E-state index contributed by atoms with van der Waals surface area (Å²) in [5, 5.41) is 2.24. The summed E-state index contributed by atoms with van der Waals surface area (Å²) in [6.45, 7) is 13.6. The van der Waals surface area contributed by atoms with Crippen molar-refractivity contribution in [2.75, 3.05) is 0 Å². The van der Waals surface area contributed by atoms with Crippen molar-refractivity contribution >= 4 is 27.3 Å². The number of hydrogen-bond donors (Lipinski definition) is 0. The molecule has 3 aromatic heterocycles. The molecule has 6 heteroatoms. The average Bonchev–Trinajstić information content (AvgIpc) is 3.83. The molecule has 56 heavy (non-hydrogen) atoms. The Bertz CT molecular complexity index is 2970. The third-order valence-electron chi connectivity index (χ3n) is 12.9. The van der Waals surface area contributed by atoms with Crippen LogP contribution >= 0.6 is 0 Å². The molecule has 0 bridgehead atoms. The van der Waals surface area contributed by atoms with Gasteiger partial charge in [-0.05, 0) is 65.4 Å². The van der Waals surface area contributed by atoms with Crippen molar-refractivity contribution < 1.29 is 29.9 Å². The maximum atomic E-state index is 8.69. The van der Waals surface area contributed by atoms with E-state index in [-0.39, 0.29) is 31.9 Å². The van der Waals surface area contributed by atoms with Crippen molar-refractivity contribution in [3.63, 3.8) is 0 Å². The van der Waals surface area contributed by atoms with Gasteiger partial charge in [-0.25, -0.2) is 0 Å². The van der Waals surface area contributed by atoms with Crippen LogP contribution in [0, 0.1) is 19.0 Å². The molecule has 1 aliphatic carbocycles. The third-order valence-corrected chi connectivity index (χ3v) is 12.9. The topological polar surface area (TPSA) is 44.3 Å². The zero-order chi connectivity index (χ0) is 40.5. The van der Waals surface area contributed by atoms with E-state index < -0.39 is 6.85 Å². The number of aryl methyl sites for hydroxylation is 2. The van der Waals surface area contributed by atoms with Crippen molar-refractivity contribution in [2.45, 2.75) is 90.8 Å². The van der Waals surface area contributed by atoms with Crippen LogP contribution in [0.1, 0.15) is 104 Å². The number of imidazole rings is 2. The van der Waals surface area contributed by atoms with Gasteiger partial charge in [0.25, 0.3) is 0 Å². The van der Waals surface area contributed by atoms with E-state index in [1.165, 1.54) is 22.4 Å². The van der Waals surface area contributed by atoms with Crippen LogP contribution in [0.25, 0.3) is 55.5 Å². The second-order valence-corrected chi connectivity index (χ2v) is 16.9. The van der Waals surface area contributed by atoms with E-state index in [0.29, 0.717) is 28.9 Å². The van der Waals surface area contributed by atoms with Gasteiger partial charge in [0.2, 0.25) is 0 Å². The molecule has 0 saturated carbocycles. The summed E-state index contributed by atoms with van der Waals surface area (Å²) < 4.78 is 37.1. The first-order valence-corrected chi connectivity index (χ1v) is 19.5. The summed E-state index contributed by atoms with van der Waals surface area (Å²) in [6, 6.07) is 35.8. The minimum absolute atomic E-state index is 0. The molecule has 0 spiro atoms. The Morgan fingerprint density at radius 3 is 2.36 bits per heavy atom. The fourth-order valence-corrected chi connectivity index (χ4v) is 9.57. The minimum atomic E-state index is -2.33. The number of rotatable bonds is 6. The normalized spacial score (nSPS) is 17.8. The largest absolute Gasteiger partial charge is 2.00 e. The Hall–Kier alpha value is -4.99. The first-order chi connectivity index (χ1) is 27.7. The monoisotopic (exact) mass is 916 g/mol. The number of nitrogens with zero attached hydrogens (tertiary/aromatic N) is 4. The van der Waals surface area contributed by atoms with E-state index in [2.05, 4.69) is 124 Å². The predicted octanol–water partition coefficient (Wildman–Crippen LogP) is 12.6. The average molecular weight is 917 g/mol. The molecule has 10 rings (SSSR count). The Labute approximate surface area is 348 Å². The fraction of sp³-hybridized carbons (Fsp3) is 0.280. The molecule has 282 valence electrons. The summed E-state index contributed by atoms with van der Waals surface area (Å²) in [5.74, 6) is 1.73. The van der Waals surface area contributed by atoms with Crippen molar-refractivity contribution in [3.05, 3.63) is 143 Å². The zero-order valence-electron chi connectivity index (χ0n) is 35.8. The Balaban J connectivity index is 0.00000449. The molecular weight excluding hydrogens is 868 g/mol. The summed E-state index contributed by atoms with van der Waals surface area (Å²) >= 11 is 0. The molecule has 5 aromatic carbocycles. The van der Waals surface area contributed by atoms with Gasteiger partial charge in [-0.3, -0.25) is 9.97 Å². The van der Waals surface area contributed by atoms with Gasteiger partial charge in [-0.2, -0.15) is 0 Å². The van der Waals surface area contributed by atoms with E-state index in [1.807, 2.05) is 42.7 Å². The molecule has 0 radical (unpaired) electrons. The van der Waals surface area contributed by atoms with Crippen molar-refractivity contribution in [2.24, 2.45) is 0 Å². The van der Waals surface area contributed by atoms with Crippen LogP contribution in [0.5, 0.6) is 11.5 Å². The molecule has 5 nitrogen and oxygen atoms in total. The number of pyridine rings is 1. The summed E-state index contributed by atoms with van der Waals surface area (Å²) in [4.78, 5) is 10.3. The molecular formula is C50H46N4OPt. The molecule has 2 aliphatic rings. The van der Waals surface area contributed by atoms with E-state index in [0.717, 1.165) is 73.9 Å². The third kappa shape index (κ3) is 5.16. The predicted molar refractivity (Wildman–Crippen MR) is 224 cm³/mol. The Kier molecular flexibility index (Phi) is 7.72. The van der Waals surface area contributed by atoms with E-state index >= 15 is 0 Å². The van der Waals surface area contributed by atoms with Gasteiger partial charge in [-0.1, -0.05) is 138 Å². The van der Waals surface area contributed by atoms with Crippen LogP contribution < -0.4 is 4.74 Å². The molecule has 0 saturated heterocycles. The van der Waals surface area contributed by atoms with Crippen LogP contribution in [-0.4, -0.2) is 18.9 Å². The maximum absolute atomic E-state index is 8.69. The first kappa shape index (κ1) is 33.2. The van der Waals surface area contributed by atoms with Gasteiger partial charge in [0.05, 0.1) is 23.4 Å².